The summed E-state index contributed by atoms with van der Waals surface area (Å²) >= 11 is 0. The van der Waals surface area contributed by atoms with Gasteiger partial charge in [-0.25, -0.2) is 4.79 Å². The Morgan fingerprint density at radius 2 is 1.91 bits per heavy atom. The fourth-order valence-corrected chi connectivity index (χ4v) is 3.49. The van der Waals surface area contributed by atoms with Gasteiger partial charge in [0.1, 0.15) is 5.84 Å². The lowest BCUT2D eigenvalue weighted by Gasteiger charge is -2.29. The molecule has 2 aromatic carbocycles. The van der Waals surface area contributed by atoms with Crippen molar-refractivity contribution in [2.75, 3.05) is 25.0 Å². The molecule has 0 aromatic heterocycles. The third-order valence-electron chi connectivity index (χ3n) is 5.17. The second-order valence-corrected chi connectivity index (χ2v) is 7.38. The van der Waals surface area contributed by atoms with Gasteiger partial charge in [0.05, 0.1) is 13.2 Å². The van der Waals surface area contributed by atoms with Crippen molar-refractivity contribution in [1.29, 1.82) is 5.41 Å². The second kappa shape index (κ2) is 10.4. The van der Waals surface area contributed by atoms with Gasteiger partial charge in [-0.05, 0) is 36.6 Å². The van der Waals surface area contributed by atoms with E-state index in [0.717, 1.165) is 12.0 Å². The van der Waals surface area contributed by atoms with E-state index in [4.69, 9.17) is 15.9 Å². The van der Waals surface area contributed by atoms with E-state index in [9.17, 15) is 14.4 Å². The number of carbonyl (C=O) groups is 3. The molecule has 0 aliphatic carbocycles. The number of rotatable bonds is 8. The van der Waals surface area contributed by atoms with Gasteiger partial charge >= 0.3 is 5.97 Å². The molecule has 5 N–H and O–H groups in total. The zero-order valence-corrected chi connectivity index (χ0v) is 17.9. The molecule has 2 aromatic rings. The quantitative estimate of drug-likeness (QED) is 0.211. The van der Waals surface area contributed by atoms with Gasteiger partial charge in [0.25, 0.3) is 5.91 Å². The molecular weight excluding hydrogens is 410 g/mol. The predicted molar refractivity (Wildman–Crippen MR) is 120 cm³/mol. The zero-order valence-electron chi connectivity index (χ0n) is 17.9. The molecule has 0 saturated heterocycles. The second-order valence-electron chi connectivity index (χ2n) is 7.38. The Kier molecular flexibility index (Phi) is 7.43. The Morgan fingerprint density at radius 3 is 2.62 bits per heavy atom. The summed E-state index contributed by atoms with van der Waals surface area (Å²) in [5, 5.41) is 12.9. The summed E-state index contributed by atoms with van der Waals surface area (Å²) in [6.07, 6.45) is 0.759. The monoisotopic (exact) mass is 437 g/mol. The fraction of sp³-hybridized carbons (Fsp3) is 0.304. The van der Waals surface area contributed by atoms with E-state index in [1.807, 2.05) is 18.2 Å². The van der Waals surface area contributed by atoms with Crippen LogP contribution in [0.25, 0.3) is 0 Å². The molecule has 9 heteroatoms. The number of nitrogens with two attached hydrogens (primary N) is 1. The van der Waals surface area contributed by atoms with Crippen LogP contribution in [-0.2, 0) is 32.1 Å². The Balaban J connectivity index is 1.64. The molecule has 0 radical (unpaired) electrons. The van der Waals surface area contributed by atoms with Gasteiger partial charge in [0.15, 0.2) is 0 Å². The van der Waals surface area contributed by atoms with Gasteiger partial charge in [-0.3, -0.25) is 15.0 Å². The van der Waals surface area contributed by atoms with Crippen LogP contribution >= 0.6 is 0 Å². The maximum atomic E-state index is 12.8. The van der Waals surface area contributed by atoms with Crippen molar-refractivity contribution < 1.29 is 19.1 Å². The average Bonchev–Trinajstić information content (AvgIpc) is 2.80. The molecule has 2 amide bonds. The van der Waals surface area contributed by atoms with Gasteiger partial charge in [0, 0.05) is 24.3 Å². The van der Waals surface area contributed by atoms with Crippen LogP contribution in [0.1, 0.15) is 23.6 Å². The van der Waals surface area contributed by atoms with Gasteiger partial charge in [0.2, 0.25) is 11.9 Å². The van der Waals surface area contributed by atoms with Gasteiger partial charge in [-0.1, -0.05) is 36.4 Å². The third kappa shape index (κ3) is 5.63. The highest BCUT2D eigenvalue weighted by Gasteiger charge is 2.29. The van der Waals surface area contributed by atoms with Crippen molar-refractivity contribution in [2.45, 2.75) is 25.9 Å². The Labute approximate surface area is 186 Å². The minimum atomic E-state index is -1.35. The maximum absolute atomic E-state index is 12.8. The highest BCUT2D eigenvalue weighted by Crippen LogP contribution is 2.18. The van der Waals surface area contributed by atoms with Crippen LogP contribution in [0, 0.1) is 5.41 Å². The first-order valence-corrected chi connectivity index (χ1v) is 10.4. The van der Waals surface area contributed by atoms with Gasteiger partial charge in [-0.2, -0.15) is 0 Å². The normalized spacial score (nSPS) is 13.5. The van der Waals surface area contributed by atoms with Crippen LogP contribution in [0.2, 0.25) is 0 Å². The number of hydrogen-bond donors (Lipinski definition) is 4. The van der Waals surface area contributed by atoms with Crippen molar-refractivity contribution >= 4 is 29.3 Å². The number of ether oxygens (including phenoxy) is 1. The molecule has 1 unspecified atom stereocenters. The number of nitrogen functional groups attached to an aromatic ring is 1. The van der Waals surface area contributed by atoms with Crippen LogP contribution in [0.4, 0.5) is 5.69 Å². The summed E-state index contributed by atoms with van der Waals surface area (Å²) in [6, 6.07) is 13.1. The number of carbonyl (C=O) groups excluding carboxylic acids is 3. The number of amides is 2. The van der Waals surface area contributed by atoms with E-state index in [1.165, 1.54) is 5.56 Å². The Hall–Kier alpha value is -3.88. The van der Waals surface area contributed by atoms with Gasteiger partial charge < -0.3 is 26.0 Å². The molecule has 1 aliphatic heterocycles. The summed E-state index contributed by atoms with van der Waals surface area (Å²) in [7, 11) is 0. The molecular formula is C23H27N5O4. The van der Waals surface area contributed by atoms with E-state index < -0.39 is 17.9 Å². The van der Waals surface area contributed by atoms with Crippen molar-refractivity contribution in [3.05, 3.63) is 65.2 Å². The largest absolute Gasteiger partial charge is 0.464 e. The van der Waals surface area contributed by atoms with Crippen LogP contribution in [-0.4, -0.2) is 54.3 Å². The lowest BCUT2D eigenvalue weighted by molar-refractivity contribution is -0.147. The topological polar surface area (TPSA) is 138 Å². The summed E-state index contributed by atoms with van der Waals surface area (Å²) < 4.78 is 5.01. The maximum Gasteiger partial charge on any atom is 0.338 e. The highest BCUT2D eigenvalue weighted by atomic mass is 16.5. The standard InChI is InChI=1S/C23H27N5O4/c1-2-32-23(31)20(27-18-9-5-8-16(12-18)21(24)25)22(30)26-13-19(29)28-11-10-15-6-3-4-7-17(15)14-28/h3-9,12,20,27H,2,10-11,13-14H2,1H3,(H3,24,25)(H,26,30). The summed E-state index contributed by atoms with van der Waals surface area (Å²) in [6.45, 7) is 2.57. The van der Waals surface area contributed by atoms with E-state index in [2.05, 4.69) is 16.7 Å². The molecule has 0 spiro atoms. The predicted octanol–water partition coefficient (Wildman–Crippen LogP) is 1.02. The molecule has 1 aliphatic rings. The van der Waals surface area contributed by atoms with Gasteiger partial charge in [-0.15, -0.1) is 0 Å². The number of benzene rings is 2. The lowest BCUT2D eigenvalue weighted by Crippen LogP contribution is -2.49. The summed E-state index contributed by atoms with van der Waals surface area (Å²) in [4.78, 5) is 39.5. The van der Waals surface area contributed by atoms with Crippen LogP contribution < -0.4 is 16.4 Å². The molecule has 0 fully saturated rings. The van der Waals surface area contributed by atoms with Crippen LogP contribution in [0.5, 0.6) is 0 Å². The Bertz CT molecular complexity index is 1020. The number of fused-ring (bicyclic) bond motifs is 1. The van der Waals surface area contributed by atoms with Crippen molar-refractivity contribution in [3.63, 3.8) is 0 Å². The van der Waals surface area contributed by atoms with Crippen LogP contribution in [0.15, 0.2) is 48.5 Å². The molecule has 0 bridgehead atoms. The zero-order chi connectivity index (χ0) is 23.1. The molecule has 9 nitrogen and oxygen atoms in total. The van der Waals surface area contributed by atoms with E-state index in [0.29, 0.717) is 24.3 Å². The molecule has 0 saturated carbocycles. The molecule has 168 valence electrons. The van der Waals surface area contributed by atoms with E-state index >= 15 is 0 Å². The number of esters is 1. The number of nitrogens with zero attached hydrogens (tertiary/aromatic N) is 1. The smallest absolute Gasteiger partial charge is 0.338 e. The van der Waals surface area contributed by atoms with Crippen molar-refractivity contribution in [3.8, 4) is 0 Å². The number of hydrogen-bond acceptors (Lipinski definition) is 6. The molecule has 1 atom stereocenters. The molecule has 32 heavy (non-hydrogen) atoms. The van der Waals surface area contributed by atoms with E-state index in [-0.39, 0.29) is 24.9 Å². The Morgan fingerprint density at radius 1 is 1.16 bits per heavy atom. The average molecular weight is 438 g/mol. The van der Waals surface area contributed by atoms with Crippen molar-refractivity contribution in [2.24, 2.45) is 5.73 Å². The van der Waals surface area contributed by atoms with Crippen molar-refractivity contribution in [1.82, 2.24) is 10.2 Å². The first kappa shape index (κ1) is 22.8. The van der Waals surface area contributed by atoms with E-state index in [1.54, 1.807) is 36.1 Å². The highest BCUT2D eigenvalue weighted by molar-refractivity contribution is 6.05. The molecule has 1 heterocycles. The SMILES string of the molecule is CCOC(=O)C(Nc1cccc(C(=N)N)c1)C(=O)NCC(=O)N1CCc2ccccc2C1. The molecule has 3 rings (SSSR count). The first-order valence-electron chi connectivity index (χ1n) is 10.4. The lowest BCUT2D eigenvalue weighted by atomic mass is 10.00. The number of nitrogens with one attached hydrogen (secondary N) is 3. The fourth-order valence-electron chi connectivity index (χ4n) is 3.49. The van der Waals surface area contributed by atoms with Crippen LogP contribution in [0.3, 0.4) is 0 Å². The summed E-state index contributed by atoms with van der Waals surface area (Å²) in [5.41, 5.74) is 8.68. The number of anilines is 1. The number of amidine groups is 1. The summed E-state index contributed by atoms with van der Waals surface area (Å²) in [5.74, 6) is -1.81. The minimum absolute atomic E-state index is 0.101. The first-order chi connectivity index (χ1) is 15.4. The third-order valence-corrected chi connectivity index (χ3v) is 5.17. The minimum Gasteiger partial charge on any atom is -0.464 e.